The Bertz CT molecular complexity index is 563. The molecule has 1 N–H and O–H groups in total. The molecule has 0 spiro atoms. The van der Waals surface area contributed by atoms with Gasteiger partial charge in [-0.05, 0) is 17.7 Å². The summed E-state index contributed by atoms with van der Waals surface area (Å²) in [5, 5.41) is 6.44. The quantitative estimate of drug-likeness (QED) is 0.856. The molecule has 0 bridgehead atoms. The van der Waals surface area contributed by atoms with Gasteiger partial charge in [0.05, 0.1) is 11.8 Å². The summed E-state index contributed by atoms with van der Waals surface area (Å²) in [6, 6.07) is 4.43. The Balaban J connectivity index is 2.47. The van der Waals surface area contributed by atoms with Gasteiger partial charge >= 0.3 is 0 Å². The standard InChI is InChI=1S/C12H12FN3O/c1-14-12(17)10-5-8(3-4-11(10)13)9-6-15-16(2)7-9/h3-7H,1-2H3,(H,14,17). The van der Waals surface area contributed by atoms with Crippen molar-refractivity contribution >= 4 is 5.91 Å². The van der Waals surface area contributed by atoms with Crippen LogP contribution in [0.1, 0.15) is 10.4 Å². The van der Waals surface area contributed by atoms with Crippen LogP contribution >= 0.6 is 0 Å². The lowest BCUT2D eigenvalue weighted by Gasteiger charge is -2.04. The average molecular weight is 233 g/mol. The van der Waals surface area contributed by atoms with Crippen molar-refractivity contribution in [2.45, 2.75) is 0 Å². The Labute approximate surface area is 98.1 Å². The Morgan fingerprint density at radius 1 is 1.41 bits per heavy atom. The molecule has 1 aromatic heterocycles. The number of aryl methyl sites for hydroxylation is 1. The van der Waals surface area contributed by atoms with Crippen molar-refractivity contribution in [1.82, 2.24) is 15.1 Å². The zero-order valence-electron chi connectivity index (χ0n) is 9.57. The van der Waals surface area contributed by atoms with Gasteiger partial charge < -0.3 is 5.32 Å². The van der Waals surface area contributed by atoms with Crippen LogP contribution < -0.4 is 5.32 Å². The molecule has 0 saturated heterocycles. The topological polar surface area (TPSA) is 46.9 Å². The van der Waals surface area contributed by atoms with Gasteiger partial charge in [0.1, 0.15) is 5.82 Å². The second-order valence-corrected chi connectivity index (χ2v) is 3.68. The summed E-state index contributed by atoms with van der Waals surface area (Å²) in [6.07, 6.45) is 3.47. The number of amides is 1. The van der Waals surface area contributed by atoms with Crippen LogP contribution in [0.15, 0.2) is 30.6 Å². The zero-order valence-corrected chi connectivity index (χ0v) is 9.57. The highest BCUT2D eigenvalue weighted by Crippen LogP contribution is 2.21. The van der Waals surface area contributed by atoms with Crippen molar-refractivity contribution in [2.24, 2.45) is 7.05 Å². The summed E-state index contributed by atoms with van der Waals surface area (Å²) in [7, 11) is 3.27. The molecule has 0 radical (unpaired) electrons. The van der Waals surface area contributed by atoms with E-state index in [1.807, 2.05) is 0 Å². The van der Waals surface area contributed by atoms with E-state index >= 15 is 0 Å². The summed E-state index contributed by atoms with van der Waals surface area (Å²) in [5.74, 6) is -0.967. The fraction of sp³-hybridized carbons (Fsp3) is 0.167. The number of benzene rings is 1. The molecule has 0 fully saturated rings. The molecule has 5 heteroatoms. The lowest BCUT2D eigenvalue weighted by atomic mass is 10.1. The Morgan fingerprint density at radius 2 is 2.18 bits per heavy atom. The highest BCUT2D eigenvalue weighted by molar-refractivity contribution is 5.95. The highest BCUT2D eigenvalue weighted by Gasteiger charge is 2.12. The van der Waals surface area contributed by atoms with E-state index in [4.69, 9.17) is 0 Å². The van der Waals surface area contributed by atoms with Gasteiger partial charge in [-0.25, -0.2) is 4.39 Å². The molecule has 0 aliphatic heterocycles. The van der Waals surface area contributed by atoms with Crippen molar-refractivity contribution in [1.29, 1.82) is 0 Å². The summed E-state index contributed by atoms with van der Waals surface area (Å²) in [6.45, 7) is 0. The molecule has 17 heavy (non-hydrogen) atoms. The Morgan fingerprint density at radius 3 is 2.76 bits per heavy atom. The summed E-state index contributed by atoms with van der Waals surface area (Å²) in [4.78, 5) is 11.5. The van der Waals surface area contributed by atoms with Crippen LogP contribution in [0.5, 0.6) is 0 Å². The van der Waals surface area contributed by atoms with E-state index in [1.165, 1.54) is 19.2 Å². The molecule has 0 saturated carbocycles. The minimum absolute atomic E-state index is 0.0360. The van der Waals surface area contributed by atoms with Gasteiger partial charge in [0.15, 0.2) is 0 Å². The van der Waals surface area contributed by atoms with Crippen molar-refractivity contribution in [3.63, 3.8) is 0 Å². The monoisotopic (exact) mass is 233 g/mol. The third-order valence-electron chi connectivity index (χ3n) is 2.48. The number of halogens is 1. The minimum Gasteiger partial charge on any atom is -0.355 e. The number of hydrogen-bond acceptors (Lipinski definition) is 2. The van der Waals surface area contributed by atoms with E-state index in [-0.39, 0.29) is 5.56 Å². The Kier molecular flexibility index (Phi) is 2.91. The van der Waals surface area contributed by atoms with Gasteiger partial charge in [-0.1, -0.05) is 6.07 Å². The predicted octanol–water partition coefficient (Wildman–Crippen LogP) is 1.59. The van der Waals surface area contributed by atoms with Crippen molar-refractivity contribution in [3.8, 4) is 11.1 Å². The van der Waals surface area contributed by atoms with E-state index in [9.17, 15) is 9.18 Å². The lowest BCUT2D eigenvalue weighted by Crippen LogP contribution is -2.19. The van der Waals surface area contributed by atoms with Crippen molar-refractivity contribution < 1.29 is 9.18 Å². The molecule has 0 aliphatic carbocycles. The van der Waals surface area contributed by atoms with Gasteiger partial charge in [0.2, 0.25) is 0 Å². The fourth-order valence-corrected chi connectivity index (χ4v) is 1.58. The number of carbonyl (C=O) groups is 1. The lowest BCUT2D eigenvalue weighted by molar-refractivity contribution is 0.0959. The number of nitrogens with one attached hydrogen (secondary N) is 1. The summed E-state index contributed by atoms with van der Waals surface area (Å²) < 4.78 is 15.1. The molecular weight excluding hydrogens is 221 g/mol. The van der Waals surface area contributed by atoms with Gasteiger partial charge in [-0.3, -0.25) is 9.48 Å². The van der Waals surface area contributed by atoms with E-state index in [0.29, 0.717) is 0 Å². The van der Waals surface area contributed by atoms with Gasteiger partial charge in [0, 0.05) is 25.9 Å². The van der Waals surface area contributed by atoms with Gasteiger partial charge in [-0.2, -0.15) is 5.10 Å². The van der Waals surface area contributed by atoms with Crippen LogP contribution in [0.4, 0.5) is 4.39 Å². The number of nitrogens with zero attached hydrogens (tertiary/aromatic N) is 2. The molecule has 1 amide bonds. The molecular formula is C12H12FN3O. The number of carbonyl (C=O) groups excluding carboxylic acids is 1. The summed E-state index contributed by atoms with van der Waals surface area (Å²) in [5.41, 5.74) is 1.64. The largest absolute Gasteiger partial charge is 0.355 e. The predicted molar refractivity (Wildman–Crippen MR) is 62.0 cm³/mol. The maximum atomic E-state index is 13.4. The second-order valence-electron chi connectivity index (χ2n) is 3.68. The first-order valence-corrected chi connectivity index (χ1v) is 5.12. The minimum atomic E-state index is -0.531. The second kappa shape index (κ2) is 4.37. The average Bonchev–Trinajstić information content (AvgIpc) is 2.75. The van der Waals surface area contributed by atoms with Crippen LogP contribution in [0, 0.1) is 5.82 Å². The van der Waals surface area contributed by atoms with Gasteiger partial charge in [0.25, 0.3) is 5.91 Å². The van der Waals surface area contributed by atoms with Crippen LogP contribution in [0.2, 0.25) is 0 Å². The fourth-order valence-electron chi connectivity index (χ4n) is 1.58. The first-order valence-electron chi connectivity index (χ1n) is 5.12. The maximum absolute atomic E-state index is 13.4. The van der Waals surface area contributed by atoms with Gasteiger partial charge in [-0.15, -0.1) is 0 Å². The molecule has 4 nitrogen and oxygen atoms in total. The smallest absolute Gasteiger partial charge is 0.254 e. The summed E-state index contributed by atoms with van der Waals surface area (Å²) >= 11 is 0. The van der Waals surface area contributed by atoms with E-state index in [1.54, 1.807) is 30.2 Å². The van der Waals surface area contributed by atoms with Crippen LogP contribution in [0.3, 0.4) is 0 Å². The van der Waals surface area contributed by atoms with E-state index in [2.05, 4.69) is 10.4 Å². The molecule has 0 atom stereocenters. The highest BCUT2D eigenvalue weighted by atomic mass is 19.1. The molecule has 2 aromatic rings. The molecule has 0 aliphatic rings. The van der Waals surface area contributed by atoms with E-state index in [0.717, 1.165) is 11.1 Å². The molecule has 2 rings (SSSR count). The van der Waals surface area contributed by atoms with Crippen LogP contribution in [-0.2, 0) is 7.05 Å². The molecule has 1 heterocycles. The van der Waals surface area contributed by atoms with Crippen molar-refractivity contribution in [3.05, 3.63) is 42.0 Å². The van der Waals surface area contributed by atoms with Crippen molar-refractivity contribution in [2.75, 3.05) is 7.05 Å². The third kappa shape index (κ3) is 2.18. The zero-order chi connectivity index (χ0) is 12.4. The molecule has 0 unspecified atom stereocenters. The first-order chi connectivity index (χ1) is 8.11. The normalized spacial score (nSPS) is 10.3. The molecule has 88 valence electrons. The molecule has 1 aromatic carbocycles. The Hall–Kier alpha value is -2.17. The first kappa shape index (κ1) is 11.3. The third-order valence-corrected chi connectivity index (χ3v) is 2.48. The SMILES string of the molecule is CNC(=O)c1cc(-c2cnn(C)c2)ccc1F. The number of aromatic nitrogens is 2. The van der Waals surface area contributed by atoms with Crippen LogP contribution in [-0.4, -0.2) is 22.7 Å². The number of rotatable bonds is 2. The number of hydrogen-bond donors (Lipinski definition) is 1. The van der Waals surface area contributed by atoms with Crippen LogP contribution in [0.25, 0.3) is 11.1 Å². The van der Waals surface area contributed by atoms with E-state index < -0.39 is 11.7 Å². The maximum Gasteiger partial charge on any atom is 0.254 e.